The molecule has 2 bridgehead atoms. The molecular weight excluding hydrogens is 364 g/mol. The van der Waals surface area contributed by atoms with Crippen LogP contribution in [-0.4, -0.2) is 39.4 Å². The van der Waals surface area contributed by atoms with Gasteiger partial charge in [0.15, 0.2) is 0 Å². The molecule has 2 amide bonds. The average Bonchev–Trinajstić information content (AvgIpc) is 3.06. The summed E-state index contributed by atoms with van der Waals surface area (Å²) >= 11 is 1.54. The van der Waals surface area contributed by atoms with E-state index < -0.39 is 6.04 Å². The highest BCUT2D eigenvalue weighted by molar-refractivity contribution is 7.09. The van der Waals surface area contributed by atoms with Crippen LogP contribution in [0.25, 0.3) is 0 Å². The van der Waals surface area contributed by atoms with Crippen LogP contribution >= 0.6 is 11.3 Å². The van der Waals surface area contributed by atoms with E-state index in [0.29, 0.717) is 19.6 Å². The van der Waals surface area contributed by atoms with E-state index in [1.165, 1.54) is 17.4 Å². The predicted octanol–water partition coefficient (Wildman–Crippen LogP) is 1.44. The molecule has 2 aromatic rings. The SMILES string of the molecule is CC(=O)N1C[C@H]2C[C@@H](C1)[C@H](C(=O)NCc1csc(C)n1)n1c2cccc1=O. The summed E-state index contributed by atoms with van der Waals surface area (Å²) in [4.78, 5) is 43.8. The zero-order valence-corrected chi connectivity index (χ0v) is 16.2. The van der Waals surface area contributed by atoms with Gasteiger partial charge in [-0.2, -0.15) is 0 Å². The summed E-state index contributed by atoms with van der Waals surface area (Å²) in [7, 11) is 0. The van der Waals surface area contributed by atoms with Crippen LogP contribution in [0.5, 0.6) is 0 Å². The number of aryl methyl sites for hydroxylation is 1. The van der Waals surface area contributed by atoms with Crippen molar-refractivity contribution < 1.29 is 9.59 Å². The molecule has 142 valence electrons. The highest BCUT2D eigenvalue weighted by Gasteiger charge is 2.44. The van der Waals surface area contributed by atoms with Crippen molar-refractivity contribution in [2.45, 2.75) is 38.8 Å². The van der Waals surface area contributed by atoms with E-state index >= 15 is 0 Å². The summed E-state index contributed by atoms with van der Waals surface area (Å²) in [6, 6.07) is 4.52. The van der Waals surface area contributed by atoms with E-state index in [2.05, 4.69) is 10.3 Å². The van der Waals surface area contributed by atoms with Gasteiger partial charge < -0.3 is 10.2 Å². The minimum Gasteiger partial charge on any atom is -0.349 e. The number of nitrogens with one attached hydrogen (secondary N) is 1. The van der Waals surface area contributed by atoms with E-state index in [4.69, 9.17) is 0 Å². The number of thiazole rings is 1. The number of rotatable bonds is 3. The first-order valence-corrected chi connectivity index (χ1v) is 9.97. The molecule has 0 aromatic carbocycles. The number of likely N-dealkylation sites (tertiary alicyclic amines) is 1. The van der Waals surface area contributed by atoms with Crippen LogP contribution in [0.3, 0.4) is 0 Å². The van der Waals surface area contributed by atoms with Crippen molar-refractivity contribution in [2.24, 2.45) is 5.92 Å². The Morgan fingerprint density at radius 3 is 2.85 bits per heavy atom. The molecule has 0 saturated carbocycles. The third-order valence-electron chi connectivity index (χ3n) is 5.47. The fraction of sp³-hybridized carbons (Fsp3) is 0.474. The predicted molar refractivity (Wildman–Crippen MR) is 102 cm³/mol. The second kappa shape index (κ2) is 6.92. The first-order chi connectivity index (χ1) is 12.9. The van der Waals surface area contributed by atoms with Crippen molar-refractivity contribution in [3.63, 3.8) is 0 Å². The van der Waals surface area contributed by atoms with Crippen molar-refractivity contribution in [1.29, 1.82) is 0 Å². The highest BCUT2D eigenvalue weighted by Crippen LogP contribution is 2.41. The number of carbonyl (C=O) groups is 2. The third kappa shape index (κ3) is 3.29. The molecule has 27 heavy (non-hydrogen) atoms. The van der Waals surface area contributed by atoms with Gasteiger partial charge in [-0.1, -0.05) is 6.07 Å². The van der Waals surface area contributed by atoms with Crippen molar-refractivity contribution in [3.8, 4) is 0 Å². The van der Waals surface area contributed by atoms with Crippen LogP contribution in [0, 0.1) is 12.8 Å². The second-order valence-electron chi connectivity index (χ2n) is 7.30. The number of carbonyl (C=O) groups excluding carboxylic acids is 2. The van der Waals surface area contributed by atoms with Gasteiger partial charge >= 0.3 is 0 Å². The number of piperidine rings is 1. The summed E-state index contributed by atoms with van der Waals surface area (Å²) in [6.45, 7) is 4.91. The Bertz CT molecular complexity index is 950. The lowest BCUT2D eigenvalue weighted by Gasteiger charge is -2.46. The molecule has 8 heteroatoms. The molecule has 4 rings (SSSR count). The lowest BCUT2D eigenvalue weighted by Crippen LogP contribution is -2.54. The van der Waals surface area contributed by atoms with Gasteiger partial charge in [0.05, 0.1) is 17.2 Å². The molecule has 2 aromatic heterocycles. The Kier molecular flexibility index (Phi) is 4.59. The number of hydrogen-bond acceptors (Lipinski definition) is 5. The van der Waals surface area contributed by atoms with Gasteiger partial charge in [-0.25, -0.2) is 4.98 Å². The minimum atomic E-state index is -0.605. The Morgan fingerprint density at radius 2 is 2.15 bits per heavy atom. The molecule has 2 aliphatic rings. The van der Waals surface area contributed by atoms with Gasteiger partial charge in [0.1, 0.15) is 6.04 Å². The molecule has 4 heterocycles. The van der Waals surface area contributed by atoms with Gasteiger partial charge in [0.2, 0.25) is 11.8 Å². The quantitative estimate of drug-likeness (QED) is 0.865. The maximum absolute atomic E-state index is 13.1. The van der Waals surface area contributed by atoms with E-state index in [-0.39, 0.29) is 29.2 Å². The molecule has 7 nitrogen and oxygen atoms in total. The van der Waals surface area contributed by atoms with Crippen LogP contribution in [0.4, 0.5) is 0 Å². The van der Waals surface area contributed by atoms with E-state index in [0.717, 1.165) is 22.8 Å². The Balaban J connectivity index is 1.65. The van der Waals surface area contributed by atoms with Crippen molar-refractivity contribution in [2.75, 3.05) is 13.1 Å². The van der Waals surface area contributed by atoms with E-state index in [9.17, 15) is 14.4 Å². The molecular formula is C19H22N4O3S. The number of fused-ring (bicyclic) bond motifs is 4. The Morgan fingerprint density at radius 1 is 1.33 bits per heavy atom. The fourth-order valence-electron chi connectivity index (χ4n) is 4.30. The van der Waals surface area contributed by atoms with Gasteiger partial charge in [-0.05, 0) is 19.4 Å². The second-order valence-corrected chi connectivity index (χ2v) is 8.36. The lowest BCUT2D eigenvalue weighted by molar-refractivity contribution is -0.135. The molecule has 1 fully saturated rings. The van der Waals surface area contributed by atoms with Crippen molar-refractivity contribution in [1.82, 2.24) is 19.8 Å². The minimum absolute atomic E-state index is 0.00790. The molecule has 0 radical (unpaired) electrons. The van der Waals surface area contributed by atoms with Crippen LogP contribution in [0.15, 0.2) is 28.4 Å². The fourth-order valence-corrected chi connectivity index (χ4v) is 4.91. The smallest absolute Gasteiger partial charge is 0.251 e. The molecule has 3 atom stereocenters. The van der Waals surface area contributed by atoms with E-state index in [1.807, 2.05) is 18.4 Å². The van der Waals surface area contributed by atoms with Crippen LogP contribution in [-0.2, 0) is 16.1 Å². The van der Waals surface area contributed by atoms with Crippen molar-refractivity contribution >= 4 is 23.2 Å². The summed E-state index contributed by atoms with van der Waals surface area (Å²) < 4.78 is 1.64. The molecule has 2 aliphatic heterocycles. The molecule has 0 unspecified atom stereocenters. The third-order valence-corrected chi connectivity index (χ3v) is 6.29. The largest absolute Gasteiger partial charge is 0.349 e. The normalized spacial score (nSPS) is 23.6. The molecule has 1 N–H and O–H groups in total. The number of pyridine rings is 1. The molecule has 1 saturated heterocycles. The monoisotopic (exact) mass is 386 g/mol. The lowest BCUT2D eigenvalue weighted by atomic mass is 9.78. The summed E-state index contributed by atoms with van der Waals surface area (Å²) in [5.41, 5.74) is 1.49. The Labute approximate surface area is 161 Å². The van der Waals surface area contributed by atoms with Gasteiger partial charge in [0, 0.05) is 49.0 Å². The topological polar surface area (TPSA) is 84.3 Å². The molecule has 0 aliphatic carbocycles. The number of aromatic nitrogens is 2. The maximum Gasteiger partial charge on any atom is 0.251 e. The first kappa shape index (κ1) is 17.9. The summed E-state index contributed by atoms with van der Waals surface area (Å²) in [5.74, 6) is -0.165. The Hall–Kier alpha value is -2.48. The maximum atomic E-state index is 13.1. The summed E-state index contributed by atoms with van der Waals surface area (Å²) in [6.07, 6.45) is 0.807. The van der Waals surface area contributed by atoms with Gasteiger partial charge in [0.25, 0.3) is 5.56 Å². The van der Waals surface area contributed by atoms with Gasteiger partial charge in [-0.3, -0.25) is 19.0 Å². The van der Waals surface area contributed by atoms with E-state index in [1.54, 1.807) is 22.5 Å². The number of amides is 2. The number of hydrogen-bond donors (Lipinski definition) is 1. The highest BCUT2D eigenvalue weighted by atomic mass is 32.1. The standard InChI is InChI=1S/C19H22N4O3S/c1-11-21-15(10-27-11)7-20-19(26)18-14-6-13(8-22(9-14)12(2)24)16-4-3-5-17(25)23(16)18/h3-5,10,13-14,18H,6-9H2,1-2H3,(H,20,26)/t13-,14+,18-/m1/s1. The van der Waals surface area contributed by atoms with Crippen LogP contribution in [0.1, 0.15) is 41.7 Å². The average molecular weight is 386 g/mol. The first-order valence-electron chi connectivity index (χ1n) is 9.09. The molecule has 0 spiro atoms. The zero-order chi connectivity index (χ0) is 19.1. The summed E-state index contributed by atoms with van der Waals surface area (Å²) in [5, 5.41) is 5.81. The van der Waals surface area contributed by atoms with Gasteiger partial charge in [-0.15, -0.1) is 11.3 Å². The zero-order valence-electron chi connectivity index (χ0n) is 15.3. The van der Waals surface area contributed by atoms with Crippen LogP contribution < -0.4 is 10.9 Å². The van der Waals surface area contributed by atoms with Crippen LogP contribution in [0.2, 0.25) is 0 Å². The van der Waals surface area contributed by atoms with Crippen molar-refractivity contribution in [3.05, 3.63) is 50.3 Å². The number of nitrogens with zero attached hydrogens (tertiary/aromatic N) is 3.